The van der Waals surface area contributed by atoms with Gasteiger partial charge >= 0.3 is 0 Å². The fraction of sp³-hybridized carbons (Fsp3) is 0.320. The third-order valence-corrected chi connectivity index (χ3v) is 6.47. The molecule has 6 heteroatoms. The molecule has 0 fully saturated rings. The van der Waals surface area contributed by atoms with Crippen molar-refractivity contribution in [2.24, 2.45) is 0 Å². The number of thioether (sulfide) groups is 1. The highest BCUT2D eigenvalue weighted by Crippen LogP contribution is 2.33. The molecular formula is C25H28N4OS. The third-order valence-electron chi connectivity index (χ3n) is 5.54. The van der Waals surface area contributed by atoms with Crippen molar-refractivity contribution in [2.45, 2.75) is 51.6 Å². The Morgan fingerprint density at radius 1 is 1.00 bits per heavy atom. The van der Waals surface area contributed by atoms with Gasteiger partial charge in [-0.25, -0.2) is 0 Å². The molecule has 31 heavy (non-hydrogen) atoms. The number of pyridine rings is 1. The van der Waals surface area contributed by atoms with Gasteiger partial charge in [-0.2, -0.15) is 0 Å². The van der Waals surface area contributed by atoms with Gasteiger partial charge in [0.05, 0.1) is 11.3 Å². The summed E-state index contributed by atoms with van der Waals surface area (Å²) >= 11 is 1.41. The Morgan fingerprint density at radius 3 is 2.35 bits per heavy atom. The molecule has 4 rings (SSSR count). The van der Waals surface area contributed by atoms with Crippen molar-refractivity contribution >= 4 is 39.9 Å². The number of rotatable bonds is 6. The molecule has 2 heterocycles. The molecule has 0 aliphatic heterocycles. The third kappa shape index (κ3) is 4.17. The number of hydrogen-bond acceptors (Lipinski definition) is 4. The van der Waals surface area contributed by atoms with E-state index in [4.69, 9.17) is 0 Å². The van der Waals surface area contributed by atoms with Crippen LogP contribution in [0.3, 0.4) is 0 Å². The van der Waals surface area contributed by atoms with Gasteiger partial charge in [-0.15, -0.1) is 10.2 Å². The number of hydrogen-bond donors (Lipinski definition) is 1. The molecule has 5 nitrogen and oxygen atoms in total. The molecule has 1 amide bonds. The molecule has 0 saturated carbocycles. The maximum atomic E-state index is 12.9. The molecule has 0 bridgehead atoms. The van der Waals surface area contributed by atoms with Gasteiger partial charge in [-0.05, 0) is 47.6 Å². The van der Waals surface area contributed by atoms with Gasteiger partial charge in [0.1, 0.15) is 0 Å². The average molecular weight is 433 g/mol. The minimum Gasteiger partial charge on any atom is -0.325 e. The Balaban J connectivity index is 1.60. The van der Waals surface area contributed by atoms with E-state index in [1.54, 1.807) is 0 Å². The van der Waals surface area contributed by atoms with Crippen molar-refractivity contribution < 1.29 is 4.79 Å². The number of carbonyl (C=O) groups excluding carboxylic acids is 1. The highest BCUT2D eigenvalue weighted by molar-refractivity contribution is 7.99. The van der Waals surface area contributed by atoms with Crippen molar-refractivity contribution in [2.75, 3.05) is 11.1 Å². The number of aryl methyl sites for hydroxylation is 1. The second-order valence-electron chi connectivity index (χ2n) is 8.48. The first kappa shape index (κ1) is 21.4. The zero-order valence-corrected chi connectivity index (χ0v) is 19.5. The van der Waals surface area contributed by atoms with Crippen LogP contribution in [-0.2, 0) is 4.79 Å². The largest absolute Gasteiger partial charge is 0.325 e. The van der Waals surface area contributed by atoms with E-state index in [2.05, 4.69) is 80.5 Å². The predicted octanol–water partition coefficient (Wildman–Crippen LogP) is 6.17. The molecule has 0 atom stereocenters. The van der Waals surface area contributed by atoms with Crippen molar-refractivity contribution in [1.82, 2.24) is 14.6 Å². The normalized spacial score (nSPS) is 11.7. The number of nitrogens with one attached hydrogen (secondary N) is 1. The standard InChI is InChI=1S/C25H28N4OS/c1-15(2)18-10-8-11-19(16(3)4)24(18)26-23(30)14-31-25-28-27-22-13-17(5)20-9-6-7-12-21(20)29(22)25/h6-13,15-16H,14H2,1-5H3,(H,26,30). The van der Waals surface area contributed by atoms with Crippen LogP contribution in [0.5, 0.6) is 0 Å². The minimum absolute atomic E-state index is 0.0341. The lowest BCUT2D eigenvalue weighted by molar-refractivity contribution is -0.113. The smallest absolute Gasteiger partial charge is 0.234 e. The summed E-state index contributed by atoms with van der Waals surface area (Å²) in [4.78, 5) is 12.9. The maximum Gasteiger partial charge on any atom is 0.234 e. The van der Waals surface area contributed by atoms with Crippen LogP contribution >= 0.6 is 11.8 Å². The van der Waals surface area contributed by atoms with Crippen LogP contribution in [0.25, 0.3) is 16.6 Å². The molecule has 0 spiro atoms. The molecule has 160 valence electrons. The number of benzene rings is 2. The quantitative estimate of drug-likeness (QED) is 0.370. The Hall–Kier alpha value is -2.86. The molecule has 0 aliphatic carbocycles. The van der Waals surface area contributed by atoms with Crippen LogP contribution in [-0.4, -0.2) is 26.3 Å². The van der Waals surface area contributed by atoms with Gasteiger partial charge in [0.25, 0.3) is 0 Å². The van der Waals surface area contributed by atoms with E-state index < -0.39 is 0 Å². The summed E-state index contributed by atoms with van der Waals surface area (Å²) in [5.41, 5.74) is 6.29. The van der Waals surface area contributed by atoms with Crippen LogP contribution in [0.1, 0.15) is 56.2 Å². The van der Waals surface area contributed by atoms with E-state index in [9.17, 15) is 4.79 Å². The minimum atomic E-state index is -0.0341. The monoisotopic (exact) mass is 432 g/mol. The van der Waals surface area contributed by atoms with E-state index in [-0.39, 0.29) is 11.7 Å². The first-order valence-corrected chi connectivity index (χ1v) is 11.6. The Morgan fingerprint density at radius 2 is 1.68 bits per heavy atom. The highest BCUT2D eigenvalue weighted by Gasteiger charge is 2.17. The summed E-state index contributed by atoms with van der Waals surface area (Å²) in [7, 11) is 0. The predicted molar refractivity (Wildman–Crippen MR) is 129 cm³/mol. The molecule has 1 N–H and O–H groups in total. The first-order chi connectivity index (χ1) is 14.9. The van der Waals surface area contributed by atoms with E-state index in [1.807, 2.05) is 22.6 Å². The first-order valence-electron chi connectivity index (χ1n) is 10.7. The van der Waals surface area contributed by atoms with Crippen molar-refractivity contribution in [3.63, 3.8) is 0 Å². The van der Waals surface area contributed by atoms with E-state index >= 15 is 0 Å². The second kappa shape index (κ2) is 8.71. The molecule has 2 aromatic heterocycles. The molecule has 0 saturated heterocycles. The van der Waals surface area contributed by atoms with Crippen LogP contribution in [0, 0.1) is 6.92 Å². The second-order valence-corrected chi connectivity index (χ2v) is 9.42. The lowest BCUT2D eigenvalue weighted by Gasteiger charge is -2.20. The average Bonchev–Trinajstić information content (AvgIpc) is 3.15. The van der Waals surface area contributed by atoms with E-state index in [0.29, 0.717) is 11.8 Å². The Kier molecular flexibility index (Phi) is 6.01. The zero-order chi connectivity index (χ0) is 22.1. The number of para-hydroxylation sites is 2. The molecule has 0 radical (unpaired) electrons. The molecule has 0 aliphatic rings. The van der Waals surface area contributed by atoms with Crippen LogP contribution in [0.4, 0.5) is 5.69 Å². The summed E-state index contributed by atoms with van der Waals surface area (Å²) in [6.07, 6.45) is 0. The van der Waals surface area contributed by atoms with Crippen molar-refractivity contribution in [1.29, 1.82) is 0 Å². The van der Waals surface area contributed by atoms with Gasteiger partial charge < -0.3 is 5.32 Å². The van der Waals surface area contributed by atoms with E-state index in [0.717, 1.165) is 33.0 Å². The number of fused-ring (bicyclic) bond motifs is 3. The number of aromatic nitrogens is 3. The zero-order valence-electron chi connectivity index (χ0n) is 18.6. The fourth-order valence-corrected chi connectivity index (χ4v) is 4.72. The summed E-state index contributed by atoms with van der Waals surface area (Å²) in [5, 5.41) is 13.7. The highest BCUT2D eigenvalue weighted by atomic mass is 32.2. The van der Waals surface area contributed by atoms with Crippen LogP contribution < -0.4 is 5.32 Å². The molecule has 2 aromatic carbocycles. The number of nitrogens with zero attached hydrogens (tertiary/aromatic N) is 3. The maximum absolute atomic E-state index is 12.9. The van der Waals surface area contributed by atoms with Gasteiger partial charge in [0, 0.05) is 11.1 Å². The van der Waals surface area contributed by atoms with Crippen molar-refractivity contribution in [3.05, 3.63) is 65.2 Å². The van der Waals surface area contributed by atoms with Gasteiger partial charge in [0.15, 0.2) is 10.8 Å². The summed E-state index contributed by atoms with van der Waals surface area (Å²) in [5.74, 6) is 0.897. The SMILES string of the molecule is Cc1cc2nnc(SCC(=O)Nc3c(C(C)C)cccc3C(C)C)n2c2ccccc12. The summed E-state index contributed by atoms with van der Waals surface area (Å²) < 4.78 is 2.03. The van der Waals surface area contributed by atoms with Gasteiger partial charge in [-0.3, -0.25) is 9.20 Å². The molecule has 0 unspecified atom stereocenters. The lowest BCUT2D eigenvalue weighted by Crippen LogP contribution is -2.18. The summed E-state index contributed by atoms with van der Waals surface area (Å²) in [6, 6.07) is 16.5. The Labute approximate surface area is 187 Å². The van der Waals surface area contributed by atoms with Gasteiger partial charge in [0.2, 0.25) is 5.91 Å². The lowest BCUT2D eigenvalue weighted by atomic mass is 9.92. The molecular weight excluding hydrogens is 404 g/mol. The Bertz CT molecular complexity index is 1230. The summed E-state index contributed by atoms with van der Waals surface area (Å²) in [6.45, 7) is 10.7. The topological polar surface area (TPSA) is 59.3 Å². The number of amides is 1. The van der Waals surface area contributed by atoms with Crippen LogP contribution in [0.15, 0.2) is 53.7 Å². The van der Waals surface area contributed by atoms with Crippen LogP contribution in [0.2, 0.25) is 0 Å². The van der Waals surface area contributed by atoms with Crippen molar-refractivity contribution in [3.8, 4) is 0 Å². The fourth-order valence-electron chi connectivity index (χ4n) is 3.97. The van der Waals surface area contributed by atoms with E-state index in [1.165, 1.54) is 22.9 Å². The number of anilines is 1. The number of carbonyl (C=O) groups is 1. The molecule has 4 aromatic rings. The van der Waals surface area contributed by atoms with Gasteiger partial charge in [-0.1, -0.05) is 75.9 Å².